The van der Waals surface area contributed by atoms with Crippen molar-refractivity contribution >= 4 is 37.1 Å². The van der Waals surface area contributed by atoms with Gasteiger partial charge in [-0.3, -0.25) is 0 Å². The minimum absolute atomic E-state index is 0.385. The first-order chi connectivity index (χ1) is 19.5. The maximum atomic E-state index is 2.52. The lowest BCUT2D eigenvalue weighted by molar-refractivity contribution is 0.785. The highest BCUT2D eigenvalue weighted by Crippen LogP contribution is 2.55. The van der Waals surface area contributed by atoms with Crippen molar-refractivity contribution < 1.29 is 0 Å². The molecule has 0 N–H and O–H groups in total. The number of benzene rings is 4. The highest BCUT2D eigenvalue weighted by molar-refractivity contribution is 7.77. The van der Waals surface area contributed by atoms with Gasteiger partial charge >= 0.3 is 0 Å². The number of hydrogen-bond donors (Lipinski definition) is 0. The summed E-state index contributed by atoms with van der Waals surface area (Å²) in [4.78, 5) is 0. The van der Waals surface area contributed by atoms with Gasteiger partial charge in [0.15, 0.2) is 0 Å². The van der Waals surface area contributed by atoms with Crippen LogP contribution in [0.15, 0.2) is 96.3 Å². The summed E-state index contributed by atoms with van der Waals surface area (Å²) in [7, 11) is -1.25. The molecule has 2 atom stereocenters. The quantitative estimate of drug-likeness (QED) is 0.193. The van der Waals surface area contributed by atoms with Gasteiger partial charge in [0.1, 0.15) is 0 Å². The van der Waals surface area contributed by atoms with E-state index in [1.807, 2.05) is 0 Å². The molecule has 0 unspecified atom stereocenters. The second kappa shape index (κ2) is 12.2. The Morgan fingerprint density at radius 3 is 1.12 bits per heavy atom. The monoisotopic (exact) mass is 574 g/mol. The first kappa shape index (κ1) is 29.7. The predicted octanol–water partition coefficient (Wildman–Crippen LogP) is 9.18. The number of hydrogen-bond acceptors (Lipinski definition) is 0. The zero-order valence-corrected chi connectivity index (χ0v) is 28.0. The maximum Gasteiger partial charge on any atom is 0.0103 e. The Bertz CT molecular complexity index is 1470. The van der Waals surface area contributed by atoms with Gasteiger partial charge in [0.2, 0.25) is 0 Å². The normalized spacial score (nSPS) is 15.6. The second-order valence-corrected chi connectivity index (χ2v) is 17.1. The average Bonchev–Trinajstić information content (AvgIpc) is 3.31. The highest BCUT2D eigenvalue weighted by Gasteiger charge is 2.35. The van der Waals surface area contributed by atoms with Gasteiger partial charge in [0.25, 0.3) is 0 Å². The summed E-state index contributed by atoms with van der Waals surface area (Å²) >= 11 is 0. The van der Waals surface area contributed by atoms with Gasteiger partial charge < -0.3 is 0 Å². The van der Waals surface area contributed by atoms with Crippen molar-refractivity contribution in [2.75, 3.05) is 0 Å². The first-order valence-electron chi connectivity index (χ1n) is 14.8. The third-order valence-corrected chi connectivity index (χ3v) is 13.3. The summed E-state index contributed by atoms with van der Waals surface area (Å²) < 4.78 is 0. The van der Waals surface area contributed by atoms with Crippen molar-refractivity contribution in [3.05, 3.63) is 141 Å². The maximum absolute atomic E-state index is 2.52. The Labute approximate surface area is 251 Å². The van der Waals surface area contributed by atoms with E-state index < -0.39 is 15.8 Å². The van der Waals surface area contributed by atoms with Crippen LogP contribution in [-0.4, -0.2) is 5.66 Å². The number of aryl methyl sites for hydroxylation is 8. The lowest BCUT2D eigenvalue weighted by Gasteiger charge is -2.35. The molecule has 4 aromatic carbocycles. The molecule has 5 rings (SSSR count). The van der Waals surface area contributed by atoms with Crippen LogP contribution < -0.4 is 21.2 Å². The Kier molecular flexibility index (Phi) is 8.85. The van der Waals surface area contributed by atoms with Crippen LogP contribution >= 0.6 is 15.8 Å². The fourth-order valence-electron chi connectivity index (χ4n) is 6.68. The molecular weight excluding hydrogens is 530 g/mol. The molecule has 0 aromatic heterocycles. The van der Waals surface area contributed by atoms with Crippen molar-refractivity contribution in [2.45, 2.75) is 68.0 Å². The molecule has 0 bridgehead atoms. The molecular formula is C39H44P2. The second-order valence-electron chi connectivity index (χ2n) is 12.3. The standard InChI is InChI=1S/C39H44P2/c1-25-13-26(2)18-34(17-25)40(35-19-27(3)14-28(4)20-35)33(9)38-11-10-12-39(38)41(36-21-29(5)15-30(6)22-36)37-23-31(7)16-32(8)24-37/h10-24,33,38H,1-9H3/t33-,38+/m1/s1. The molecule has 210 valence electrons. The van der Waals surface area contributed by atoms with Crippen LogP contribution in [0.4, 0.5) is 0 Å². The fraction of sp³-hybridized carbons (Fsp3) is 0.282. The highest BCUT2D eigenvalue weighted by atomic mass is 31.1. The van der Waals surface area contributed by atoms with Crippen LogP contribution in [0, 0.1) is 61.3 Å². The van der Waals surface area contributed by atoms with Gasteiger partial charge in [-0.25, -0.2) is 0 Å². The van der Waals surface area contributed by atoms with E-state index in [0.717, 1.165) is 0 Å². The molecule has 0 amide bonds. The van der Waals surface area contributed by atoms with Gasteiger partial charge in [0.05, 0.1) is 0 Å². The zero-order valence-electron chi connectivity index (χ0n) is 26.2. The Morgan fingerprint density at radius 2 is 0.780 bits per heavy atom. The Balaban J connectivity index is 1.66. The van der Waals surface area contributed by atoms with Crippen LogP contribution in [0.1, 0.15) is 51.4 Å². The Hall–Kier alpha value is -2.78. The van der Waals surface area contributed by atoms with E-state index in [2.05, 4.69) is 153 Å². The van der Waals surface area contributed by atoms with Gasteiger partial charge in [-0.05, 0) is 103 Å². The molecule has 4 aromatic rings. The van der Waals surface area contributed by atoms with E-state index >= 15 is 0 Å². The molecule has 1 aliphatic carbocycles. The summed E-state index contributed by atoms with van der Waals surface area (Å²) in [6.07, 6.45) is 7.30. The summed E-state index contributed by atoms with van der Waals surface area (Å²) in [5, 5.41) is 7.52. The molecule has 0 heterocycles. The van der Waals surface area contributed by atoms with Crippen molar-refractivity contribution in [3.63, 3.8) is 0 Å². The topological polar surface area (TPSA) is 0 Å². The van der Waals surface area contributed by atoms with Crippen molar-refractivity contribution in [3.8, 4) is 0 Å². The van der Waals surface area contributed by atoms with Crippen LogP contribution in [0.3, 0.4) is 0 Å². The van der Waals surface area contributed by atoms with Gasteiger partial charge in [-0.15, -0.1) is 0 Å². The summed E-state index contributed by atoms with van der Waals surface area (Å²) in [6, 6.07) is 28.8. The minimum Gasteiger partial charge on any atom is -0.0763 e. The molecule has 0 spiro atoms. The summed E-state index contributed by atoms with van der Waals surface area (Å²) in [5.74, 6) is 0.385. The van der Waals surface area contributed by atoms with Gasteiger partial charge in [0, 0.05) is 5.92 Å². The third-order valence-electron chi connectivity index (χ3n) is 8.01. The minimum atomic E-state index is -0.667. The van der Waals surface area contributed by atoms with E-state index in [0.29, 0.717) is 11.6 Å². The van der Waals surface area contributed by atoms with E-state index in [9.17, 15) is 0 Å². The van der Waals surface area contributed by atoms with Crippen LogP contribution in [-0.2, 0) is 0 Å². The van der Waals surface area contributed by atoms with E-state index in [4.69, 9.17) is 0 Å². The van der Waals surface area contributed by atoms with E-state index in [1.165, 1.54) is 65.7 Å². The number of allylic oxidation sites excluding steroid dienone is 4. The SMILES string of the molecule is Cc1cc(C)cc(P(C2=CC=C[C@H]2[C@@H](C)P(c2cc(C)cc(C)c2)c2cc(C)cc(C)c2)c2cc(C)cc(C)c2)c1. The van der Waals surface area contributed by atoms with Crippen molar-refractivity contribution in [1.29, 1.82) is 0 Å². The fourth-order valence-corrected chi connectivity index (χ4v) is 13.1. The molecule has 0 radical (unpaired) electrons. The van der Waals surface area contributed by atoms with Crippen molar-refractivity contribution in [2.24, 2.45) is 5.92 Å². The smallest absolute Gasteiger partial charge is 0.0103 e. The van der Waals surface area contributed by atoms with Gasteiger partial charge in [-0.1, -0.05) is 142 Å². The first-order valence-corrected chi connectivity index (χ1v) is 17.5. The lowest BCUT2D eigenvalue weighted by atomic mass is 10.1. The van der Waals surface area contributed by atoms with Crippen LogP contribution in [0.2, 0.25) is 0 Å². The Morgan fingerprint density at radius 1 is 0.463 bits per heavy atom. The van der Waals surface area contributed by atoms with E-state index in [1.54, 1.807) is 5.31 Å². The average molecular weight is 575 g/mol. The largest absolute Gasteiger partial charge is 0.0763 e. The number of rotatable bonds is 7. The van der Waals surface area contributed by atoms with Crippen LogP contribution in [0.25, 0.3) is 0 Å². The molecule has 2 heteroatoms. The molecule has 0 nitrogen and oxygen atoms in total. The summed E-state index contributed by atoms with van der Waals surface area (Å²) in [6.45, 7) is 20.5. The molecule has 0 fully saturated rings. The predicted molar refractivity (Wildman–Crippen MR) is 186 cm³/mol. The van der Waals surface area contributed by atoms with E-state index in [-0.39, 0.29) is 0 Å². The molecule has 0 saturated heterocycles. The van der Waals surface area contributed by atoms with Crippen molar-refractivity contribution in [1.82, 2.24) is 0 Å². The third kappa shape index (κ3) is 6.67. The zero-order chi connectivity index (χ0) is 29.4. The van der Waals surface area contributed by atoms with Crippen LogP contribution in [0.5, 0.6) is 0 Å². The molecule has 0 saturated carbocycles. The summed E-state index contributed by atoms with van der Waals surface area (Å²) in [5.41, 5.74) is 11.3. The molecule has 0 aliphatic heterocycles. The molecule has 41 heavy (non-hydrogen) atoms. The van der Waals surface area contributed by atoms with Gasteiger partial charge in [-0.2, -0.15) is 0 Å². The lowest BCUT2D eigenvalue weighted by Crippen LogP contribution is -2.28. The molecule has 1 aliphatic rings.